The van der Waals surface area contributed by atoms with Gasteiger partial charge in [-0.3, -0.25) is 4.79 Å². The first kappa shape index (κ1) is 19.4. The van der Waals surface area contributed by atoms with Crippen LogP contribution in [0.15, 0.2) is 30.3 Å². The molecular weight excluding hydrogens is 393 g/mol. The van der Waals surface area contributed by atoms with Crippen LogP contribution in [0.1, 0.15) is 11.1 Å². The number of carbonyl (C=O) groups is 1. The van der Waals surface area contributed by atoms with Crippen LogP contribution >= 0.6 is 11.3 Å². The first-order chi connectivity index (χ1) is 14.0. The van der Waals surface area contributed by atoms with Crippen LogP contribution in [-0.2, 0) is 17.8 Å². The minimum atomic E-state index is -0.346. The fraction of sp³-hybridized carbons (Fsp3) is 0.333. The van der Waals surface area contributed by atoms with Gasteiger partial charge >= 0.3 is 0 Å². The maximum absolute atomic E-state index is 13.9. The van der Waals surface area contributed by atoms with Crippen molar-refractivity contribution in [3.63, 3.8) is 0 Å². The number of thiazole rings is 1. The molecule has 0 atom stereocenters. The minimum absolute atomic E-state index is 0.00710. The van der Waals surface area contributed by atoms with Crippen molar-refractivity contribution < 1.29 is 18.7 Å². The Morgan fingerprint density at radius 2 is 1.97 bits per heavy atom. The summed E-state index contributed by atoms with van der Waals surface area (Å²) in [7, 11) is 5.03. The van der Waals surface area contributed by atoms with E-state index < -0.39 is 0 Å². The predicted molar refractivity (Wildman–Crippen MR) is 112 cm³/mol. The summed E-state index contributed by atoms with van der Waals surface area (Å²) >= 11 is 1.38. The number of methoxy groups -OCH3 is 2. The molecule has 0 spiro atoms. The molecule has 0 fully saturated rings. The van der Waals surface area contributed by atoms with Crippen LogP contribution in [0.5, 0.6) is 11.5 Å². The van der Waals surface area contributed by atoms with Gasteiger partial charge in [-0.05, 0) is 41.8 Å². The number of nitrogens with zero attached hydrogens (tertiary/aromatic N) is 3. The summed E-state index contributed by atoms with van der Waals surface area (Å²) in [5, 5.41) is 0.627. The molecule has 152 valence electrons. The number of ether oxygens (including phenoxy) is 2. The standard InChI is InChI=1S/C21H22FN3O3S/c1-24(21-23-20-15(22)5-4-6-18(20)29-21)12-19(26)25-8-7-13-9-16(27-2)17(28-3)10-14(13)11-25/h4-6,9-10H,7-8,11-12H2,1-3H3. The topological polar surface area (TPSA) is 54.9 Å². The number of carbonyl (C=O) groups excluding carboxylic acids is 1. The number of hydrogen-bond donors (Lipinski definition) is 0. The molecule has 0 aliphatic carbocycles. The fourth-order valence-corrected chi connectivity index (χ4v) is 4.47. The minimum Gasteiger partial charge on any atom is -0.493 e. The lowest BCUT2D eigenvalue weighted by molar-refractivity contribution is -0.130. The third-order valence-corrected chi connectivity index (χ3v) is 6.26. The maximum Gasteiger partial charge on any atom is 0.242 e. The molecule has 0 N–H and O–H groups in total. The molecule has 2 heterocycles. The van der Waals surface area contributed by atoms with Crippen LogP contribution in [0.25, 0.3) is 10.2 Å². The molecule has 2 aromatic carbocycles. The molecule has 29 heavy (non-hydrogen) atoms. The number of para-hydroxylation sites is 1. The number of fused-ring (bicyclic) bond motifs is 2. The normalized spacial score (nSPS) is 13.3. The van der Waals surface area contributed by atoms with Crippen molar-refractivity contribution in [2.24, 2.45) is 0 Å². The average molecular weight is 415 g/mol. The molecule has 1 aliphatic heterocycles. The quantitative estimate of drug-likeness (QED) is 0.639. The van der Waals surface area contributed by atoms with Gasteiger partial charge in [-0.15, -0.1) is 0 Å². The Labute approximate surface area is 172 Å². The predicted octanol–water partition coefficient (Wildman–Crippen LogP) is 3.47. The highest BCUT2D eigenvalue weighted by molar-refractivity contribution is 7.22. The van der Waals surface area contributed by atoms with E-state index in [9.17, 15) is 9.18 Å². The van der Waals surface area contributed by atoms with Crippen LogP contribution in [0, 0.1) is 5.82 Å². The lowest BCUT2D eigenvalue weighted by Crippen LogP contribution is -2.41. The second-order valence-corrected chi connectivity index (χ2v) is 7.99. The van der Waals surface area contributed by atoms with Crippen molar-refractivity contribution >= 4 is 32.6 Å². The van der Waals surface area contributed by atoms with Crippen LogP contribution in [0.2, 0.25) is 0 Å². The summed E-state index contributed by atoms with van der Waals surface area (Å²) in [6.07, 6.45) is 0.761. The lowest BCUT2D eigenvalue weighted by Gasteiger charge is -2.31. The summed E-state index contributed by atoms with van der Waals surface area (Å²) in [5.41, 5.74) is 2.58. The van der Waals surface area contributed by atoms with E-state index in [4.69, 9.17) is 9.47 Å². The number of rotatable bonds is 5. The molecule has 0 unspecified atom stereocenters. The number of likely N-dealkylation sites (N-methyl/N-ethyl adjacent to an activating group) is 1. The van der Waals surface area contributed by atoms with Crippen molar-refractivity contribution in [1.82, 2.24) is 9.88 Å². The Kier molecular flexibility index (Phi) is 5.27. The molecule has 1 amide bonds. The van der Waals surface area contributed by atoms with Gasteiger partial charge in [0.1, 0.15) is 11.3 Å². The Balaban J connectivity index is 1.48. The van der Waals surface area contributed by atoms with E-state index in [2.05, 4.69) is 4.98 Å². The van der Waals surface area contributed by atoms with E-state index in [0.29, 0.717) is 35.2 Å². The van der Waals surface area contributed by atoms with Crippen molar-refractivity contribution in [3.05, 3.63) is 47.3 Å². The average Bonchev–Trinajstić information content (AvgIpc) is 3.18. The van der Waals surface area contributed by atoms with E-state index in [1.165, 1.54) is 23.0 Å². The summed E-state index contributed by atoms with van der Waals surface area (Å²) in [6.45, 7) is 1.35. The van der Waals surface area contributed by atoms with E-state index in [1.54, 1.807) is 32.2 Å². The van der Waals surface area contributed by atoms with E-state index in [0.717, 1.165) is 16.7 Å². The fourth-order valence-electron chi connectivity index (χ4n) is 3.53. The van der Waals surface area contributed by atoms with Gasteiger partial charge in [0.2, 0.25) is 5.91 Å². The van der Waals surface area contributed by atoms with E-state index in [1.807, 2.05) is 23.1 Å². The molecule has 8 heteroatoms. The van der Waals surface area contributed by atoms with Gasteiger partial charge in [-0.25, -0.2) is 9.37 Å². The molecule has 1 aliphatic rings. The van der Waals surface area contributed by atoms with Crippen LogP contribution in [0.3, 0.4) is 0 Å². The van der Waals surface area contributed by atoms with Crippen LogP contribution in [0.4, 0.5) is 9.52 Å². The molecule has 6 nitrogen and oxygen atoms in total. The Morgan fingerprint density at radius 1 is 1.24 bits per heavy atom. The second kappa shape index (κ2) is 7.87. The zero-order valence-electron chi connectivity index (χ0n) is 16.6. The Morgan fingerprint density at radius 3 is 2.66 bits per heavy atom. The van der Waals surface area contributed by atoms with Crippen molar-refractivity contribution in [2.45, 2.75) is 13.0 Å². The smallest absolute Gasteiger partial charge is 0.242 e. The Bertz CT molecular complexity index is 1070. The second-order valence-electron chi connectivity index (χ2n) is 6.98. The third kappa shape index (κ3) is 3.72. The SMILES string of the molecule is COc1cc2c(cc1OC)CN(C(=O)CN(C)c1nc3c(F)cccc3s1)CC2. The van der Waals surface area contributed by atoms with Gasteiger partial charge in [-0.2, -0.15) is 0 Å². The molecule has 0 saturated heterocycles. The van der Waals surface area contributed by atoms with Gasteiger partial charge in [0, 0.05) is 20.1 Å². The highest BCUT2D eigenvalue weighted by Gasteiger charge is 2.24. The summed E-state index contributed by atoms with van der Waals surface area (Å²) in [5.74, 6) is 1.03. The van der Waals surface area contributed by atoms with Crippen LogP contribution < -0.4 is 14.4 Å². The summed E-state index contributed by atoms with van der Waals surface area (Å²) < 4.78 is 25.4. The van der Waals surface area contributed by atoms with Crippen molar-refractivity contribution in [1.29, 1.82) is 0 Å². The number of anilines is 1. The molecule has 0 bridgehead atoms. The number of halogens is 1. The van der Waals surface area contributed by atoms with Gasteiger partial charge in [0.05, 0.1) is 25.5 Å². The van der Waals surface area contributed by atoms with Crippen LogP contribution in [-0.4, -0.2) is 50.1 Å². The lowest BCUT2D eigenvalue weighted by atomic mass is 9.98. The molecule has 0 saturated carbocycles. The third-order valence-electron chi connectivity index (χ3n) is 5.13. The molecule has 3 aromatic rings. The maximum atomic E-state index is 13.9. The summed E-state index contributed by atoms with van der Waals surface area (Å²) in [6, 6.07) is 8.81. The zero-order chi connectivity index (χ0) is 20.5. The van der Waals surface area contributed by atoms with Gasteiger partial charge in [-0.1, -0.05) is 17.4 Å². The highest BCUT2D eigenvalue weighted by Crippen LogP contribution is 2.33. The number of amides is 1. The largest absolute Gasteiger partial charge is 0.493 e. The number of benzene rings is 2. The Hall–Kier alpha value is -2.87. The molecular formula is C21H22FN3O3S. The van der Waals surface area contributed by atoms with E-state index >= 15 is 0 Å². The monoisotopic (exact) mass is 415 g/mol. The van der Waals surface area contributed by atoms with E-state index in [-0.39, 0.29) is 18.3 Å². The van der Waals surface area contributed by atoms with Gasteiger partial charge in [0.15, 0.2) is 16.6 Å². The number of hydrogen-bond acceptors (Lipinski definition) is 6. The summed E-state index contributed by atoms with van der Waals surface area (Å²) in [4.78, 5) is 20.8. The molecule has 4 rings (SSSR count). The molecule has 1 aromatic heterocycles. The zero-order valence-corrected chi connectivity index (χ0v) is 17.4. The number of aromatic nitrogens is 1. The highest BCUT2D eigenvalue weighted by atomic mass is 32.1. The molecule has 0 radical (unpaired) electrons. The first-order valence-corrected chi connectivity index (χ1v) is 10.1. The van der Waals surface area contributed by atoms with Crippen molar-refractivity contribution in [2.75, 3.05) is 39.3 Å². The van der Waals surface area contributed by atoms with Gasteiger partial charge in [0.25, 0.3) is 0 Å². The first-order valence-electron chi connectivity index (χ1n) is 9.28. The van der Waals surface area contributed by atoms with Crippen molar-refractivity contribution in [3.8, 4) is 11.5 Å². The van der Waals surface area contributed by atoms with Gasteiger partial charge < -0.3 is 19.3 Å².